The Morgan fingerprint density at radius 1 is 1.40 bits per heavy atom. The van der Waals surface area contributed by atoms with Crippen LogP contribution in [-0.4, -0.2) is 0 Å². The van der Waals surface area contributed by atoms with Gasteiger partial charge >= 0.3 is 0 Å². The molecule has 0 aromatic heterocycles. The topological polar surface area (TPSA) is 0 Å². The van der Waals surface area contributed by atoms with E-state index in [0.29, 0.717) is 0 Å². The molecule has 0 atom stereocenters. The fourth-order valence-corrected chi connectivity index (χ4v) is 2.05. The summed E-state index contributed by atoms with van der Waals surface area (Å²) in [7, 11) is 0. The second kappa shape index (κ2) is 2.60. The van der Waals surface area contributed by atoms with Crippen LogP contribution in [0.5, 0.6) is 0 Å². The predicted molar refractivity (Wildman–Crippen MR) is 46.3 cm³/mol. The zero-order chi connectivity index (χ0) is 7.78. The van der Waals surface area contributed by atoms with E-state index in [9.17, 15) is 0 Å². The molecule has 1 rings (SSSR count). The first-order valence-electron chi connectivity index (χ1n) is 3.24. The van der Waals surface area contributed by atoms with Gasteiger partial charge in [0.15, 0.2) is 0 Å². The van der Waals surface area contributed by atoms with E-state index in [-0.39, 0.29) is 5.41 Å². The minimum atomic E-state index is 0.128. The SMILES string of the molecule is CC1(C)C=C(Cl)C=C(Cl)C1. The van der Waals surface area contributed by atoms with Crippen molar-refractivity contribution in [2.24, 2.45) is 5.41 Å². The quantitative estimate of drug-likeness (QED) is 0.529. The second-order valence-electron chi connectivity index (χ2n) is 3.29. The molecule has 56 valence electrons. The molecule has 0 N–H and O–H groups in total. The molecule has 2 heteroatoms. The van der Waals surface area contributed by atoms with E-state index >= 15 is 0 Å². The van der Waals surface area contributed by atoms with E-state index in [4.69, 9.17) is 23.2 Å². The van der Waals surface area contributed by atoms with Crippen LogP contribution in [0, 0.1) is 5.41 Å². The highest BCUT2D eigenvalue weighted by molar-refractivity contribution is 6.35. The summed E-state index contributed by atoms with van der Waals surface area (Å²) in [5.74, 6) is 0. The van der Waals surface area contributed by atoms with E-state index < -0.39 is 0 Å². The zero-order valence-corrected chi connectivity index (χ0v) is 7.63. The minimum Gasteiger partial charge on any atom is -0.0891 e. The van der Waals surface area contributed by atoms with Crippen LogP contribution in [0.4, 0.5) is 0 Å². The Hall–Kier alpha value is 0.0600. The van der Waals surface area contributed by atoms with Crippen LogP contribution in [0.15, 0.2) is 22.2 Å². The van der Waals surface area contributed by atoms with Crippen LogP contribution < -0.4 is 0 Å². The maximum Gasteiger partial charge on any atom is 0.0383 e. The summed E-state index contributed by atoms with van der Waals surface area (Å²) in [6.45, 7) is 4.23. The van der Waals surface area contributed by atoms with Crippen molar-refractivity contribution < 1.29 is 0 Å². The molecule has 0 nitrogen and oxygen atoms in total. The van der Waals surface area contributed by atoms with Crippen molar-refractivity contribution in [2.75, 3.05) is 0 Å². The van der Waals surface area contributed by atoms with Crippen LogP contribution in [0.2, 0.25) is 0 Å². The van der Waals surface area contributed by atoms with E-state index in [1.165, 1.54) is 0 Å². The van der Waals surface area contributed by atoms with Gasteiger partial charge in [-0.15, -0.1) is 0 Å². The highest BCUT2D eigenvalue weighted by Gasteiger charge is 2.20. The molecule has 0 aromatic rings. The van der Waals surface area contributed by atoms with Crippen molar-refractivity contribution in [3.63, 3.8) is 0 Å². The molecule has 0 fully saturated rings. The van der Waals surface area contributed by atoms with Gasteiger partial charge in [0, 0.05) is 10.1 Å². The zero-order valence-electron chi connectivity index (χ0n) is 6.12. The fraction of sp³-hybridized carbons (Fsp3) is 0.500. The molecule has 10 heavy (non-hydrogen) atoms. The van der Waals surface area contributed by atoms with E-state index in [2.05, 4.69) is 13.8 Å². The van der Waals surface area contributed by atoms with Gasteiger partial charge < -0.3 is 0 Å². The summed E-state index contributed by atoms with van der Waals surface area (Å²) < 4.78 is 0. The third-order valence-corrected chi connectivity index (χ3v) is 1.91. The molecular formula is C8H10Cl2. The smallest absolute Gasteiger partial charge is 0.0383 e. The molecule has 0 saturated heterocycles. The lowest BCUT2D eigenvalue weighted by atomic mass is 9.86. The maximum atomic E-state index is 5.83. The molecule has 0 heterocycles. The number of hydrogen-bond acceptors (Lipinski definition) is 0. The van der Waals surface area contributed by atoms with Crippen LogP contribution in [0.3, 0.4) is 0 Å². The van der Waals surface area contributed by atoms with Gasteiger partial charge in [-0.2, -0.15) is 0 Å². The number of rotatable bonds is 0. The Morgan fingerprint density at radius 2 is 2.00 bits per heavy atom. The van der Waals surface area contributed by atoms with E-state index in [1.807, 2.05) is 6.08 Å². The molecule has 0 saturated carbocycles. The van der Waals surface area contributed by atoms with Gasteiger partial charge in [-0.1, -0.05) is 43.1 Å². The van der Waals surface area contributed by atoms with Crippen molar-refractivity contribution in [3.05, 3.63) is 22.2 Å². The van der Waals surface area contributed by atoms with Gasteiger partial charge in [0.1, 0.15) is 0 Å². The summed E-state index contributed by atoms with van der Waals surface area (Å²) in [6, 6.07) is 0. The molecule has 1 aliphatic carbocycles. The first-order chi connectivity index (χ1) is 4.49. The highest BCUT2D eigenvalue weighted by atomic mass is 35.5. The lowest BCUT2D eigenvalue weighted by molar-refractivity contribution is 0.478. The number of allylic oxidation sites excluding steroid dienone is 4. The van der Waals surface area contributed by atoms with Crippen LogP contribution in [-0.2, 0) is 0 Å². The van der Waals surface area contributed by atoms with Gasteiger partial charge in [0.05, 0.1) is 0 Å². The average Bonchev–Trinajstić information content (AvgIpc) is 1.54. The Bertz CT molecular complexity index is 199. The molecule has 0 spiro atoms. The summed E-state index contributed by atoms with van der Waals surface area (Å²) in [6.07, 6.45) is 4.72. The molecule has 0 bridgehead atoms. The summed E-state index contributed by atoms with van der Waals surface area (Å²) in [5.41, 5.74) is 0.128. The number of hydrogen-bond donors (Lipinski definition) is 0. The predicted octanol–water partition coefficient (Wildman–Crippen LogP) is 3.66. The third-order valence-electron chi connectivity index (χ3n) is 1.45. The average molecular weight is 177 g/mol. The van der Waals surface area contributed by atoms with Crippen molar-refractivity contribution >= 4 is 23.2 Å². The van der Waals surface area contributed by atoms with Crippen molar-refractivity contribution in [1.82, 2.24) is 0 Å². The van der Waals surface area contributed by atoms with Crippen LogP contribution >= 0.6 is 23.2 Å². The monoisotopic (exact) mass is 176 g/mol. The fourth-order valence-electron chi connectivity index (χ4n) is 1.10. The lowest BCUT2D eigenvalue weighted by Crippen LogP contribution is -2.10. The van der Waals surface area contributed by atoms with Crippen molar-refractivity contribution in [1.29, 1.82) is 0 Å². The first kappa shape index (κ1) is 8.16. The van der Waals surface area contributed by atoms with E-state index in [0.717, 1.165) is 16.5 Å². The minimum absolute atomic E-state index is 0.128. The normalized spacial score (nSPS) is 23.6. The molecule has 0 radical (unpaired) electrons. The number of halogens is 2. The standard InChI is InChI=1S/C8H10Cl2/c1-8(2)4-6(9)3-7(10)5-8/h3-4H,5H2,1-2H3. The Morgan fingerprint density at radius 3 is 2.40 bits per heavy atom. The Balaban J connectivity index is 2.88. The van der Waals surface area contributed by atoms with Gasteiger partial charge in [0.25, 0.3) is 0 Å². The molecule has 0 unspecified atom stereocenters. The summed E-state index contributed by atoms with van der Waals surface area (Å²) in [4.78, 5) is 0. The van der Waals surface area contributed by atoms with Crippen molar-refractivity contribution in [3.8, 4) is 0 Å². The molecule has 0 amide bonds. The summed E-state index contributed by atoms with van der Waals surface area (Å²) in [5, 5.41) is 1.60. The van der Waals surface area contributed by atoms with Gasteiger partial charge in [-0.3, -0.25) is 0 Å². The molecular weight excluding hydrogens is 167 g/mol. The van der Waals surface area contributed by atoms with Crippen LogP contribution in [0.1, 0.15) is 20.3 Å². The highest BCUT2D eigenvalue weighted by Crippen LogP contribution is 2.35. The van der Waals surface area contributed by atoms with Gasteiger partial charge in [-0.05, 0) is 17.9 Å². The van der Waals surface area contributed by atoms with Gasteiger partial charge in [-0.25, -0.2) is 0 Å². The maximum absolute atomic E-state index is 5.83. The second-order valence-corrected chi connectivity index (χ2v) is 4.21. The molecule has 0 aromatic carbocycles. The Kier molecular flexibility index (Phi) is 2.12. The lowest BCUT2D eigenvalue weighted by Gasteiger charge is -2.23. The third kappa shape index (κ3) is 2.03. The molecule has 1 aliphatic rings. The van der Waals surface area contributed by atoms with Crippen LogP contribution in [0.25, 0.3) is 0 Å². The largest absolute Gasteiger partial charge is 0.0891 e. The molecule has 0 aliphatic heterocycles. The Labute approximate surface area is 71.5 Å². The van der Waals surface area contributed by atoms with Gasteiger partial charge in [0.2, 0.25) is 0 Å². The van der Waals surface area contributed by atoms with E-state index in [1.54, 1.807) is 6.08 Å². The van der Waals surface area contributed by atoms with Crippen molar-refractivity contribution in [2.45, 2.75) is 20.3 Å². The summed E-state index contributed by atoms with van der Waals surface area (Å²) >= 11 is 11.6. The first-order valence-corrected chi connectivity index (χ1v) is 4.00.